The molecule has 0 aliphatic heterocycles. The van der Waals surface area contributed by atoms with Crippen LogP contribution in [0.5, 0.6) is 0 Å². The van der Waals surface area contributed by atoms with Gasteiger partial charge in [0, 0.05) is 3.92 Å². The van der Waals surface area contributed by atoms with E-state index in [4.69, 9.17) is 0 Å². The molecular formula is C16H18IP. The van der Waals surface area contributed by atoms with Crippen molar-refractivity contribution in [2.24, 2.45) is 0 Å². The first-order chi connectivity index (χ1) is 8.77. The predicted octanol–water partition coefficient (Wildman–Crippen LogP) is 4.33. The summed E-state index contributed by atoms with van der Waals surface area (Å²) in [6.07, 6.45) is 2.57. The van der Waals surface area contributed by atoms with E-state index in [9.17, 15) is 0 Å². The topological polar surface area (TPSA) is 0 Å². The first-order valence-electron chi connectivity index (χ1n) is 6.29. The summed E-state index contributed by atoms with van der Waals surface area (Å²) in [6.45, 7) is 2.30. The molecule has 0 spiro atoms. The molecule has 0 amide bonds. The monoisotopic (exact) mass is 368 g/mol. The van der Waals surface area contributed by atoms with Crippen molar-refractivity contribution in [2.75, 3.05) is 6.16 Å². The molecule has 2 rings (SSSR count). The molecule has 1 atom stereocenters. The number of rotatable bonds is 5. The Labute approximate surface area is 125 Å². The van der Waals surface area contributed by atoms with E-state index < -0.39 is 0 Å². The Hall–Kier alpha value is -0.400. The van der Waals surface area contributed by atoms with Crippen LogP contribution in [0.1, 0.15) is 13.3 Å². The molecule has 94 valence electrons. The molecule has 0 heterocycles. The maximum Gasteiger partial charge on any atom is 0.00848 e. The average molecular weight is 368 g/mol. The van der Waals surface area contributed by atoms with E-state index >= 15 is 0 Å². The van der Waals surface area contributed by atoms with E-state index in [1.54, 1.807) is 0 Å². The largest absolute Gasteiger partial charge is 0.0829 e. The third kappa shape index (κ3) is 4.07. The van der Waals surface area contributed by atoms with Gasteiger partial charge in [-0.1, -0.05) is 90.2 Å². The lowest BCUT2D eigenvalue weighted by Gasteiger charge is -2.19. The SMILES string of the molecule is CC(I)CCP(c1ccccc1)c1ccccc1. The summed E-state index contributed by atoms with van der Waals surface area (Å²) >= 11 is 2.52. The van der Waals surface area contributed by atoms with Crippen LogP contribution in [-0.2, 0) is 0 Å². The smallest absolute Gasteiger partial charge is 0.00848 e. The van der Waals surface area contributed by atoms with Gasteiger partial charge in [0.1, 0.15) is 0 Å². The Balaban J connectivity index is 2.24. The van der Waals surface area contributed by atoms with Crippen molar-refractivity contribution >= 4 is 41.1 Å². The van der Waals surface area contributed by atoms with Crippen molar-refractivity contribution in [1.29, 1.82) is 0 Å². The summed E-state index contributed by atoms with van der Waals surface area (Å²) < 4.78 is 0.750. The molecule has 2 aromatic carbocycles. The molecule has 0 bridgehead atoms. The summed E-state index contributed by atoms with van der Waals surface area (Å²) in [4.78, 5) is 0. The molecule has 0 fully saturated rings. The summed E-state index contributed by atoms with van der Waals surface area (Å²) in [6, 6.07) is 21.9. The fraction of sp³-hybridized carbons (Fsp3) is 0.250. The highest BCUT2D eigenvalue weighted by Gasteiger charge is 2.13. The normalized spacial score (nSPS) is 12.6. The van der Waals surface area contributed by atoms with Crippen LogP contribution in [0.15, 0.2) is 60.7 Å². The van der Waals surface area contributed by atoms with Crippen molar-refractivity contribution in [3.05, 3.63) is 60.7 Å². The van der Waals surface area contributed by atoms with E-state index in [1.165, 1.54) is 23.2 Å². The molecule has 1 unspecified atom stereocenters. The van der Waals surface area contributed by atoms with E-state index in [-0.39, 0.29) is 7.92 Å². The number of halogens is 1. The maximum atomic E-state index is 2.52. The van der Waals surface area contributed by atoms with Gasteiger partial charge in [-0.2, -0.15) is 0 Å². The second-order valence-electron chi connectivity index (χ2n) is 4.39. The first-order valence-corrected chi connectivity index (χ1v) is 9.06. The molecule has 2 heteroatoms. The van der Waals surface area contributed by atoms with Gasteiger partial charge in [-0.25, -0.2) is 0 Å². The Morgan fingerprint density at radius 3 is 1.72 bits per heavy atom. The van der Waals surface area contributed by atoms with Crippen molar-refractivity contribution in [3.8, 4) is 0 Å². The Morgan fingerprint density at radius 1 is 0.889 bits per heavy atom. The van der Waals surface area contributed by atoms with Gasteiger partial charge in [0.15, 0.2) is 0 Å². The van der Waals surface area contributed by atoms with Crippen LogP contribution in [0, 0.1) is 0 Å². The summed E-state index contributed by atoms with van der Waals surface area (Å²) in [5.74, 6) is 0. The lowest BCUT2D eigenvalue weighted by Crippen LogP contribution is -2.14. The van der Waals surface area contributed by atoms with Gasteiger partial charge >= 0.3 is 0 Å². The van der Waals surface area contributed by atoms with Crippen LogP contribution in [0.4, 0.5) is 0 Å². The van der Waals surface area contributed by atoms with Crippen LogP contribution in [-0.4, -0.2) is 10.1 Å². The minimum atomic E-state index is -0.188. The Morgan fingerprint density at radius 2 is 1.33 bits per heavy atom. The zero-order valence-corrected chi connectivity index (χ0v) is 13.6. The Bertz CT molecular complexity index is 414. The van der Waals surface area contributed by atoms with Gasteiger partial charge in [0.05, 0.1) is 0 Å². The van der Waals surface area contributed by atoms with Gasteiger partial charge in [-0.15, -0.1) is 0 Å². The molecule has 18 heavy (non-hydrogen) atoms. The van der Waals surface area contributed by atoms with Gasteiger partial charge in [0.2, 0.25) is 0 Å². The molecule has 0 N–H and O–H groups in total. The minimum absolute atomic E-state index is 0.188. The predicted molar refractivity (Wildman–Crippen MR) is 92.0 cm³/mol. The fourth-order valence-electron chi connectivity index (χ4n) is 1.93. The van der Waals surface area contributed by atoms with Crippen molar-refractivity contribution < 1.29 is 0 Å². The standard InChI is InChI=1S/C16H18IP/c1-14(17)12-13-18(15-8-4-2-5-9-15)16-10-6-3-7-11-16/h2-11,14H,12-13H2,1H3. The van der Waals surface area contributed by atoms with E-state index in [1.807, 2.05) is 0 Å². The van der Waals surface area contributed by atoms with E-state index in [0.717, 1.165) is 3.92 Å². The lowest BCUT2D eigenvalue weighted by atomic mass is 10.4. The van der Waals surface area contributed by atoms with Gasteiger partial charge in [0.25, 0.3) is 0 Å². The van der Waals surface area contributed by atoms with Crippen LogP contribution in [0.2, 0.25) is 0 Å². The fourth-order valence-corrected chi connectivity index (χ4v) is 5.26. The molecule has 0 nitrogen and oxygen atoms in total. The molecular weight excluding hydrogens is 350 g/mol. The van der Waals surface area contributed by atoms with E-state index in [0.29, 0.717) is 0 Å². The first kappa shape index (κ1) is 14.0. The molecule has 0 radical (unpaired) electrons. The van der Waals surface area contributed by atoms with Crippen LogP contribution < -0.4 is 10.6 Å². The van der Waals surface area contributed by atoms with Crippen LogP contribution in [0.25, 0.3) is 0 Å². The summed E-state index contributed by atoms with van der Waals surface area (Å²) in [5.41, 5.74) is 0. The molecule has 0 aliphatic rings. The number of hydrogen-bond donors (Lipinski definition) is 0. The molecule has 0 aromatic heterocycles. The van der Waals surface area contributed by atoms with Crippen molar-refractivity contribution in [2.45, 2.75) is 17.3 Å². The highest BCUT2D eigenvalue weighted by Crippen LogP contribution is 2.35. The maximum absolute atomic E-state index is 2.52. The summed E-state index contributed by atoms with van der Waals surface area (Å²) in [7, 11) is -0.188. The number of alkyl halides is 1. The van der Waals surface area contributed by atoms with E-state index in [2.05, 4.69) is 90.2 Å². The van der Waals surface area contributed by atoms with Crippen molar-refractivity contribution in [3.63, 3.8) is 0 Å². The molecule has 0 aliphatic carbocycles. The third-order valence-corrected chi connectivity index (χ3v) is 6.06. The molecule has 0 saturated carbocycles. The van der Waals surface area contributed by atoms with Crippen LogP contribution >= 0.6 is 30.5 Å². The summed E-state index contributed by atoms with van der Waals surface area (Å²) in [5, 5.41) is 2.99. The van der Waals surface area contributed by atoms with Gasteiger partial charge < -0.3 is 0 Å². The van der Waals surface area contributed by atoms with Crippen LogP contribution in [0.3, 0.4) is 0 Å². The number of hydrogen-bond acceptors (Lipinski definition) is 0. The second-order valence-corrected chi connectivity index (χ2v) is 8.85. The van der Waals surface area contributed by atoms with Gasteiger partial charge in [-0.05, 0) is 31.1 Å². The number of benzene rings is 2. The highest BCUT2D eigenvalue weighted by molar-refractivity contribution is 14.1. The minimum Gasteiger partial charge on any atom is -0.0829 e. The van der Waals surface area contributed by atoms with Crippen molar-refractivity contribution in [1.82, 2.24) is 0 Å². The zero-order chi connectivity index (χ0) is 12.8. The third-order valence-electron chi connectivity index (χ3n) is 2.89. The Kier molecular flexibility index (Phi) is 5.65. The quantitative estimate of drug-likeness (QED) is 0.419. The molecule has 2 aromatic rings. The average Bonchev–Trinajstić information content (AvgIpc) is 2.41. The highest BCUT2D eigenvalue weighted by atomic mass is 127. The van der Waals surface area contributed by atoms with Gasteiger partial charge in [-0.3, -0.25) is 0 Å². The second kappa shape index (κ2) is 7.25. The lowest BCUT2D eigenvalue weighted by molar-refractivity contribution is 0.946. The molecule has 0 saturated heterocycles. The zero-order valence-electron chi connectivity index (χ0n) is 10.6.